The second-order valence-corrected chi connectivity index (χ2v) is 2.41. The summed E-state index contributed by atoms with van der Waals surface area (Å²) >= 11 is 0. The van der Waals surface area contributed by atoms with E-state index in [1.807, 2.05) is 6.92 Å². The van der Waals surface area contributed by atoms with Gasteiger partial charge in [0.15, 0.2) is 0 Å². The number of carboxylic acid groups (broad SMARTS) is 1. The maximum atomic E-state index is 10.8. The molecule has 1 aliphatic rings. The van der Waals surface area contributed by atoms with Crippen LogP contribution in [0.1, 0.15) is 19.8 Å². The molecule has 1 heterocycles. The van der Waals surface area contributed by atoms with Crippen LogP contribution in [0.15, 0.2) is 0 Å². The van der Waals surface area contributed by atoms with Gasteiger partial charge in [-0.2, -0.15) is 0 Å². The van der Waals surface area contributed by atoms with Gasteiger partial charge in [0.1, 0.15) is 6.04 Å². The Hall–Kier alpha value is -1.59. The third-order valence-electron chi connectivity index (χ3n) is 1.44. The van der Waals surface area contributed by atoms with Crippen LogP contribution < -0.4 is 10.6 Å². The predicted molar refractivity (Wildman–Crippen MR) is 44.1 cm³/mol. The van der Waals surface area contributed by atoms with Crippen LogP contribution in [0.5, 0.6) is 0 Å². The van der Waals surface area contributed by atoms with Crippen LogP contribution in [0, 0.1) is 0 Å². The van der Waals surface area contributed by atoms with E-state index in [1.54, 1.807) is 0 Å². The number of amides is 3. The number of nitrogens with one attached hydrogen (secondary N) is 2. The average molecular weight is 188 g/mol. The Kier molecular flexibility index (Phi) is 5.25. The normalized spacial score (nSPS) is 19.6. The van der Waals surface area contributed by atoms with Gasteiger partial charge >= 0.3 is 6.03 Å². The summed E-state index contributed by atoms with van der Waals surface area (Å²) in [6, 6.07) is -0.666. The van der Waals surface area contributed by atoms with Crippen LogP contribution in [-0.4, -0.2) is 29.6 Å². The Morgan fingerprint density at radius 3 is 2.38 bits per heavy atom. The second-order valence-electron chi connectivity index (χ2n) is 2.41. The molecule has 6 heteroatoms. The molecule has 0 bridgehead atoms. The van der Waals surface area contributed by atoms with Crippen molar-refractivity contribution in [1.82, 2.24) is 10.6 Å². The van der Waals surface area contributed by atoms with Crippen molar-refractivity contribution in [3.05, 3.63) is 0 Å². The highest BCUT2D eigenvalue weighted by atomic mass is 16.3. The molecule has 0 spiro atoms. The van der Waals surface area contributed by atoms with Crippen LogP contribution in [0.2, 0.25) is 0 Å². The summed E-state index contributed by atoms with van der Waals surface area (Å²) in [6.45, 7) is 1.72. The van der Waals surface area contributed by atoms with Crippen molar-refractivity contribution in [3.8, 4) is 0 Å². The molecule has 0 aromatic rings. The molecule has 0 aromatic carbocycles. The fourth-order valence-corrected chi connectivity index (χ4v) is 0.951. The first kappa shape index (κ1) is 11.4. The maximum absolute atomic E-state index is 10.8. The molecule has 3 N–H and O–H groups in total. The number of rotatable bonds is 2. The second kappa shape index (κ2) is 5.99. The number of urea groups is 1. The summed E-state index contributed by atoms with van der Waals surface area (Å²) in [5, 5.41) is 11.6. The summed E-state index contributed by atoms with van der Waals surface area (Å²) in [4.78, 5) is 29.6. The van der Waals surface area contributed by atoms with E-state index >= 15 is 0 Å². The highest BCUT2D eigenvalue weighted by Gasteiger charge is 2.27. The SMILES string of the molecule is CCCC1NC(=O)NC1=O.O=CO. The Bertz CT molecular complexity index is 205. The topological polar surface area (TPSA) is 95.5 Å². The smallest absolute Gasteiger partial charge is 0.322 e. The van der Waals surface area contributed by atoms with Gasteiger partial charge in [-0.3, -0.25) is 14.9 Å². The Morgan fingerprint density at radius 2 is 2.08 bits per heavy atom. The molecule has 0 saturated carbocycles. The first-order valence-electron chi connectivity index (χ1n) is 3.84. The summed E-state index contributed by atoms with van der Waals surface area (Å²) in [5.41, 5.74) is 0. The Morgan fingerprint density at radius 1 is 1.54 bits per heavy atom. The molecule has 13 heavy (non-hydrogen) atoms. The lowest BCUT2D eigenvalue weighted by Gasteiger charge is -2.01. The van der Waals surface area contributed by atoms with Crippen LogP contribution in [0.4, 0.5) is 4.79 Å². The number of imide groups is 1. The van der Waals surface area contributed by atoms with Gasteiger partial charge in [-0.05, 0) is 6.42 Å². The van der Waals surface area contributed by atoms with Gasteiger partial charge in [0.2, 0.25) is 0 Å². The van der Waals surface area contributed by atoms with Crippen LogP contribution >= 0.6 is 0 Å². The molecule has 1 atom stereocenters. The molecule has 1 aliphatic heterocycles. The number of carbonyl (C=O) groups is 3. The summed E-state index contributed by atoms with van der Waals surface area (Å²) in [6.07, 6.45) is 1.62. The van der Waals surface area contributed by atoms with Gasteiger partial charge in [-0.15, -0.1) is 0 Å². The van der Waals surface area contributed by atoms with E-state index in [0.29, 0.717) is 0 Å². The fraction of sp³-hybridized carbons (Fsp3) is 0.571. The van der Waals surface area contributed by atoms with Gasteiger partial charge in [0.05, 0.1) is 0 Å². The molecular formula is C7H12N2O4. The van der Waals surface area contributed by atoms with E-state index in [9.17, 15) is 9.59 Å². The summed E-state index contributed by atoms with van der Waals surface area (Å²) in [7, 11) is 0. The van der Waals surface area contributed by atoms with Crippen molar-refractivity contribution in [1.29, 1.82) is 0 Å². The lowest BCUT2D eigenvalue weighted by molar-refractivity contribution is -0.123. The molecule has 0 aliphatic carbocycles. The van der Waals surface area contributed by atoms with Gasteiger partial charge in [0, 0.05) is 0 Å². The van der Waals surface area contributed by atoms with Crippen molar-refractivity contribution in [2.45, 2.75) is 25.8 Å². The monoisotopic (exact) mass is 188 g/mol. The van der Waals surface area contributed by atoms with Crippen molar-refractivity contribution < 1.29 is 19.5 Å². The van der Waals surface area contributed by atoms with E-state index in [2.05, 4.69) is 10.6 Å². The van der Waals surface area contributed by atoms with Crippen LogP contribution in [-0.2, 0) is 9.59 Å². The molecule has 0 radical (unpaired) electrons. The van der Waals surface area contributed by atoms with Crippen molar-refractivity contribution in [2.24, 2.45) is 0 Å². The number of carbonyl (C=O) groups excluding carboxylic acids is 2. The molecule has 3 amide bonds. The zero-order valence-electron chi connectivity index (χ0n) is 7.24. The van der Waals surface area contributed by atoms with Crippen LogP contribution in [0.25, 0.3) is 0 Å². The van der Waals surface area contributed by atoms with Crippen molar-refractivity contribution in [3.63, 3.8) is 0 Å². The molecule has 0 aromatic heterocycles. The molecule has 1 saturated heterocycles. The molecule has 1 rings (SSSR count). The third kappa shape index (κ3) is 4.09. The molecule has 1 unspecified atom stereocenters. The zero-order chi connectivity index (χ0) is 10.3. The molecule has 6 nitrogen and oxygen atoms in total. The van der Waals surface area contributed by atoms with Gasteiger partial charge in [-0.1, -0.05) is 13.3 Å². The van der Waals surface area contributed by atoms with E-state index in [0.717, 1.165) is 12.8 Å². The average Bonchev–Trinajstić information content (AvgIpc) is 2.33. The first-order valence-corrected chi connectivity index (χ1v) is 3.84. The minimum Gasteiger partial charge on any atom is -0.483 e. The summed E-state index contributed by atoms with van der Waals surface area (Å²) < 4.78 is 0. The Labute approximate surface area is 75.3 Å². The lowest BCUT2D eigenvalue weighted by Crippen LogP contribution is -2.28. The van der Waals surface area contributed by atoms with Gasteiger partial charge in [0.25, 0.3) is 12.4 Å². The van der Waals surface area contributed by atoms with Gasteiger partial charge < -0.3 is 10.4 Å². The van der Waals surface area contributed by atoms with Crippen molar-refractivity contribution in [2.75, 3.05) is 0 Å². The largest absolute Gasteiger partial charge is 0.483 e. The predicted octanol–water partition coefficient (Wildman–Crippen LogP) is -0.305. The highest BCUT2D eigenvalue weighted by molar-refractivity contribution is 6.04. The molecular weight excluding hydrogens is 176 g/mol. The van der Waals surface area contributed by atoms with E-state index < -0.39 is 0 Å². The maximum Gasteiger partial charge on any atom is 0.322 e. The van der Waals surface area contributed by atoms with Crippen LogP contribution in [0.3, 0.4) is 0 Å². The fourth-order valence-electron chi connectivity index (χ4n) is 0.951. The molecule has 1 fully saturated rings. The van der Waals surface area contributed by atoms with Gasteiger partial charge in [-0.25, -0.2) is 4.79 Å². The summed E-state index contributed by atoms with van der Waals surface area (Å²) in [5.74, 6) is -0.202. The highest BCUT2D eigenvalue weighted by Crippen LogP contribution is 2.00. The van der Waals surface area contributed by atoms with Crippen molar-refractivity contribution >= 4 is 18.4 Å². The van der Waals surface area contributed by atoms with E-state index in [-0.39, 0.29) is 24.5 Å². The molecule has 74 valence electrons. The number of hydrogen-bond donors (Lipinski definition) is 3. The minimum atomic E-state index is -0.372. The number of hydrogen-bond acceptors (Lipinski definition) is 3. The lowest BCUT2D eigenvalue weighted by atomic mass is 10.2. The quantitative estimate of drug-likeness (QED) is 0.409. The minimum absolute atomic E-state index is 0.202. The zero-order valence-corrected chi connectivity index (χ0v) is 7.24. The Balaban J connectivity index is 0.000000424. The third-order valence-corrected chi connectivity index (χ3v) is 1.44. The van der Waals surface area contributed by atoms with E-state index in [4.69, 9.17) is 9.90 Å². The first-order chi connectivity index (χ1) is 6.15. The standard InChI is InChI=1S/C6H10N2O2.CH2O2/c1-2-3-4-5(9)8-6(10)7-4;2-1-3/h4H,2-3H2,1H3,(H2,7,8,9,10);1H,(H,2,3). The van der Waals surface area contributed by atoms with E-state index in [1.165, 1.54) is 0 Å².